The maximum atomic E-state index is 11.9. The van der Waals surface area contributed by atoms with E-state index in [2.05, 4.69) is 0 Å². The van der Waals surface area contributed by atoms with Gasteiger partial charge in [-0.05, 0) is 0 Å². The van der Waals surface area contributed by atoms with Crippen LogP contribution in [-0.4, -0.2) is 70.5 Å². The number of carboxylic acids is 3. The van der Waals surface area contributed by atoms with Crippen molar-refractivity contribution in [1.82, 2.24) is 0 Å². The molecule has 12 heteroatoms. The Morgan fingerprint density at radius 1 is 0.667 bits per heavy atom. The lowest BCUT2D eigenvalue weighted by atomic mass is 10.1. The number of esters is 3. The van der Waals surface area contributed by atoms with Crippen molar-refractivity contribution >= 4 is 35.8 Å². The van der Waals surface area contributed by atoms with Gasteiger partial charge >= 0.3 is 35.8 Å². The van der Waals surface area contributed by atoms with Crippen molar-refractivity contribution < 1.29 is 58.3 Å². The Hall–Kier alpha value is -3.18. The summed E-state index contributed by atoms with van der Waals surface area (Å²) in [6.45, 7) is 2.77. The van der Waals surface area contributed by atoms with Gasteiger partial charge in [0.25, 0.3) is 0 Å². The Morgan fingerprint density at radius 3 is 1.40 bits per heavy atom. The van der Waals surface area contributed by atoms with E-state index in [0.29, 0.717) is 0 Å². The molecule has 0 aromatic rings. The third kappa shape index (κ3) is 11.6. The minimum atomic E-state index is -1.29. The Bertz CT molecular complexity index is 618. The highest BCUT2D eigenvalue weighted by Crippen LogP contribution is 2.10. The number of rotatable bonds is 14. The number of hydrogen-bond donors (Lipinski definition) is 3. The van der Waals surface area contributed by atoms with E-state index in [4.69, 9.17) is 29.5 Å². The normalized spacial score (nSPS) is 14.5. The van der Waals surface area contributed by atoms with Crippen LogP contribution in [0.1, 0.15) is 40.0 Å². The minimum Gasteiger partial charge on any atom is -0.481 e. The summed E-state index contributed by atoms with van der Waals surface area (Å²) in [7, 11) is 0. The van der Waals surface area contributed by atoms with Crippen molar-refractivity contribution in [3.05, 3.63) is 0 Å². The van der Waals surface area contributed by atoms with Gasteiger partial charge in [0.1, 0.15) is 13.2 Å². The molecule has 0 amide bonds. The van der Waals surface area contributed by atoms with Crippen molar-refractivity contribution in [3.8, 4) is 0 Å². The van der Waals surface area contributed by atoms with Gasteiger partial charge in [-0.15, -0.1) is 0 Å². The number of carboxylic acid groups (broad SMARTS) is 3. The van der Waals surface area contributed by atoms with Crippen LogP contribution in [0, 0.1) is 17.8 Å². The van der Waals surface area contributed by atoms with Crippen LogP contribution in [0.15, 0.2) is 0 Å². The fourth-order valence-corrected chi connectivity index (χ4v) is 2.01. The molecule has 0 aliphatic carbocycles. The second-order valence-electron chi connectivity index (χ2n) is 6.81. The second kappa shape index (κ2) is 13.1. The summed E-state index contributed by atoms with van der Waals surface area (Å²) in [6.07, 6.45) is -2.75. The maximum Gasteiger partial charge on any atom is 0.309 e. The molecule has 3 N–H and O–H groups in total. The van der Waals surface area contributed by atoms with E-state index in [0.717, 1.165) is 0 Å². The highest BCUT2D eigenvalue weighted by molar-refractivity contribution is 5.80. The van der Waals surface area contributed by atoms with E-state index in [1.165, 1.54) is 20.8 Å². The maximum absolute atomic E-state index is 11.9. The van der Waals surface area contributed by atoms with Crippen molar-refractivity contribution in [2.24, 2.45) is 17.8 Å². The molecular weight excluding hydrogens is 408 g/mol. The van der Waals surface area contributed by atoms with E-state index in [9.17, 15) is 28.8 Å². The lowest BCUT2D eigenvalue weighted by Gasteiger charge is -2.20. The van der Waals surface area contributed by atoms with Crippen LogP contribution < -0.4 is 0 Å². The van der Waals surface area contributed by atoms with E-state index >= 15 is 0 Å². The molecule has 0 spiro atoms. The summed E-state index contributed by atoms with van der Waals surface area (Å²) < 4.78 is 14.8. The third-order valence-electron chi connectivity index (χ3n) is 3.78. The molecule has 0 rings (SSSR count). The first kappa shape index (κ1) is 26.8. The second-order valence-corrected chi connectivity index (χ2v) is 6.81. The number of aliphatic carboxylic acids is 3. The van der Waals surface area contributed by atoms with Crippen molar-refractivity contribution in [1.29, 1.82) is 0 Å². The molecule has 0 radical (unpaired) electrons. The SMILES string of the molecule is CC(CC(=O)OC(COC(=O)C(C)CC(=O)O)COC(=O)C(C)CC(=O)O)C(=O)O. The van der Waals surface area contributed by atoms with E-state index < -0.39 is 92.1 Å². The predicted molar refractivity (Wildman–Crippen MR) is 96.0 cm³/mol. The van der Waals surface area contributed by atoms with Crippen LogP contribution in [0.2, 0.25) is 0 Å². The molecule has 3 unspecified atom stereocenters. The standard InChI is InChI=1S/C18H26O12/c1-9(16(24)25)6-15(23)30-12(7-28-17(26)10(2)4-13(19)20)8-29-18(27)11(3)5-14(21)22/h9-12H,4-8H2,1-3H3,(H,19,20)(H,21,22)(H,24,25). The molecule has 12 nitrogen and oxygen atoms in total. The molecular formula is C18H26O12. The van der Waals surface area contributed by atoms with E-state index in [1.54, 1.807) is 0 Å². The summed E-state index contributed by atoms with van der Waals surface area (Å²) in [6, 6.07) is 0. The molecule has 30 heavy (non-hydrogen) atoms. The molecule has 0 saturated heterocycles. The van der Waals surface area contributed by atoms with Gasteiger partial charge < -0.3 is 29.5 Å². The zero-order valence-electron chi connectivity index (χ0n) is 16.9. The zero-order valence-corrected chi connectivity index (χ0v) is 16.9. The van der Waals surface area contributed by atoms with Crippen molar-refractivity contribution in [2.75, 3.05) is 13.2 Å². The van der Waals surface area contributed by atoms with Crippen LogP contribution in [0.4, 0.5) is 0 Å². The van der Waals surface area contributed by atoms with Crippen molar-refractivity contribution in [2.45, 2.75) is 46.1 Å². The summed E-state index contributed by atoms with van der Waals surface area (Å²) in [4.78, 5) is 67.7. The van der Waals surface area contributed by atoms with Gasteiger partial charge in [-0.3, -0.25) is 28.8 Å². The largest absolute Gasteiger partial charge is 0.481 e. The molecule has 0 saturated carbocycles. The number of ether oxygens (including phenoxy) is 3. The molecule has 0 aliphatic heterocycles. The van der Waals surface area contributed by atoms with Gasteiger partial charge in [0.05, 0.1) is 37.0 Å². The number of carbonyl (C=O) groups is 6. The van der Waals surface area contributed by atoms with Crippen LogP contribution in [0.25, 0.3) is 0 Å². The highest BCUT2D eigenvalue weighted by Gasteiger charge is 2.26. The van der Waals surface area contributed by atoms with Gasteiger partial charge in [0, 0.05) is 0 Å². The van der Waals surface area contributed by atoms with Crippen LogP contribution in [0.3, 0.4) is 0 Å². The summed E-state index contributed by atoms with van der Waals surface area (Å²) >= 11 is 0. The average molecular weight is 434 g/mol. The Kier molecular flexibility index (Phi) is 11.7. The predicted octanol–water partition coefficient (Wildman–Crippen LogP) is 0.317. The molecule has 0 aromatic carbocycles. The van der Waals surface area contributed by atoms with Gasteiger partial charge in [-0.1, -0.05) is 20.8 Å². The molecule has 0 heterocycles. The van der Waals surface area contributed by atoms with E-state index in [-0.39, 0.29) is 0 Å². The Labute approximate surface area is 172 Å². The molecule has 0 aromatic heterocycles. The van der Waals surface area contributed by atoms with Crippen LogP contribution in [-0.2, 0) is 43.0 Å². The third-order valence-corrected chi connectivity index (χ3v) is 3.78. The Morgan fingerprint density at radius 2 is 1.07 bits per heavy atom. The first-order chi connectivity index (χ1) is 13.8. The highest BCUT2D eigenvalue weighted by atomic mass is 16.6. The average Bonchev–Trinajstić information content (AvgIpc) is 2.61. The molecule has 0 fully saturated rings. The first-order valence-electron chi connectivity index (χ1n) is 9.02. The van der Waals surface area contributed by atoms with Gasteiger partial charge in [0.2, 0.25) is 0 Å². The smallest absolute Gasteiger partial charge is 0.309 e. The Balaban J connectivity index is 4.94. The number of carbonyl (C=O) groups excluding carboxylic acids is 3. The lowest BCUT2D eigenvalue weighted by molar-refractivity contribution is -0.171. The molecule has 170 valence electrons. The van der Waals surface area contributed by atoms with Gasteiger partial charge in [0.15, 0.2) is 6.10 Å². The molecule has 3 atom stereocenters. The zero-order chi connectivity index (χ0) is 23.4. The van der Waals surface area contributed by atoms with Gasteiger partial charge in [-0.2, -0.15) is 0 Å². The van der Waals surface area contributed by atoms with Crippen LogP contribution in [0.5, 0.6) is 0 Å². The van der Waals surface area contributed by atoms with Crippen molar-refractivity contribution in [3.63, 3.8) is 0 Å². The summed E-state index contributed by atoms with van der Waals surface area (Å²) in [5, 5.41) is 26.2. The fraction of sp³-hybridized carbons (Fsp3) is 0.667. The van der Waals surface area contributed by atoms with Crippen LogP contribution >= 0.6 is 0 Å². The quantitative estimate of drug-likeness (QED) is 0.251. The minimum absolute atomic E-state index is 0.485. The molecule has 0 bridgehead atoms. The fourth-order valence-electron chi connectivity index (χ4n) is 2.01. The summed E-state index contributed by atoms with van der Waals surface area (Å²) in [5.74, 6) is -9.39. The summed E-state index contributed by atoms with van der Waals surface area (Å²) in [5.41, 5.74) is 0. The molecule has 0 aliphatic rings. The number of hydrogen-bond acceptors (Lipinski definition) is 9. The lowest BCUT2D eigenvalue weighted by Crippen LogP contribution is -2.33. The first-order valence-corrected chi connectivity index (χ1v) is 9.02. The van der Waals surface area contributed by atoms with Gasteiger partial charge in [-0.25, -0.2) is 0 Å². The van der Waals surface area contributed by atoms with E-state index in [1.807, 2.05) is 0 Å². The topological polar surface area (TPSA) is 191 Å². The monoisotopic (exact) mass is 434 g/mol.